The van der Waals surface area contributed by atoms with E-state index in [2.05, 4.69) is 6.92 Å². The number of hydrogen-bond acceptors (Lipinski definition) is 3. The molecule has 0 radical (unpaired) electrons. The minimum absolute atomic E-state index is 0. The molecule has 0 saturated carbocycles. The fourth-order valence-corrected chi connectivity index (χ4v) is 3.66. The van der Waals surface area contributed by atoms with Gasteiger partial charge in [-0.2, -0.15) is 0 Å². The van der Waals surface area contributed by atoms with Crippen LogP contribution < -0.4 is 5.73 Å². The van der Waals surface area contributed by atoms with Gasteiger partial charge in [0.2, 0.25) is 11.8 Å². The smallest absolute Gasteiger partial charge is 0.239 e. The Kier molecular flexibility index (Phi) is 8.34. The molecular formula is C17H32ClN3O2. The molecule has 5 nitrogen and oxygen atoms in total. The quantitative estimate of drug-likeness (QED) is 0.847. The van der Waals surface area contributed by atoms with Crippen LogP contribution in [0.4, 0.5) is 0 Å². The molecule has 2 rings (SSSR count). The maximum Gasteiger partial charge on any atom is 0.239 e. The minimum Gasteiger partial charge on any atom is -0.342 e. The summed E-state index contributed by atoms with van der Waals surface area (Å²) in [5, 5.41) is 0. The van der Waals surface area contributed by atoms with Gasteiger partial charge in [-0.1, -0.05) is 20.3 Å². The van der Waals surface area contributed by atoms with Gasteiger partial charge in [0.05, 0.1) is 6.04 Å². The molecule has 2 aliphatic rings. The van der Waals surface area contributed by atoms with Crippen molar-refractivity contribution >= 4 is 24.2 Å². The van der Waals surface area contributed by atoms with Gasteiger partial charge in [0, 0.05) is 32.1 Å². The second-order valence-electron chi connectivity index (χ2n) is 7.03. The van der Waals surface area contributed by atoms with E-state index in [0.29, 0.717) is 24.9 Å². The number of likely N-dealkylation sites (tertiary alicyclic amines) is 2. The Morgan fingerprint density at radius 1 is 1.13 bits per heavy atom. The standard InChI is InChI=1S/C17H31N3O2.ClH/c1-3-5-15(18)17(22)19-10-7-14(8-11-19)16(21)20-9-4-6-13(2)12-20;/h13-15H,3-12,18H2,1-2H3;1H. The summed E-state index contributed by atoms with van der Waals surface area (Å²) in [5.74, 6) is 1.07. The molecule has 2 atom stereocenters. The van der Waals surface area contributed by atoms with Gasteiger partial charge in [-0.15, -0.1) is 12.4 Å². The third-order valence-corrected chi connectivity index (χ3v) is 5.04. The second-order valence-corrected chi connectivity index (χ2v) is 7.03. The molecule has 0 aromatic heterocycles. The van der Waals surface area contributed by atoms with E-state index in [4.69, 9.17) is 5.73 Å². The second kappa shape index (κ2) is 9.48. The van der Waals surface area contributed by atoms with Crippen molar-refractivity contribution in [1.29, 1.82) is 0 Å². The van der Waals surface area contributed by atoms with E-state index >= 15 is 0 Å². The SMILES string of the molecule is CCCC(N)C(=O)N1CCC(C(=O)N2CCCC(C)C2)CC1.Cl. The first-order valence-electron chi connectivity index (χ1n) is 8.86. The van der Waals surface area contributed by atoms with E-state index in [1.165, 1.54) is 6.42 Å². The third kappa shape index (κ3) is 5.35. The van der Waals surface area contributed by atoms with E-state index in [9.17, 15) is 9.59 Å². The van der Waals surface area contributed by atoms with Crippen LogP contribution in [0.25, 0.3) is 0 Å². The first kappa shape index (κ1) is 20.2. The number of halogens is 1. The van der Waals surface area contributed by atoms with E-state index < -0.39 is 0 Å². The van der Waals surface area contributed by atoms with Crippen LogP contribution in [0.1, 0.15) is 52.4 Å². The van der Waals surface area contributed by atoms with Gasteiger partial charge in [-0.3, -0.25) is 9.59 Å². The average molecular weight is 346 g/mol. The maximum absolute atomic E-state index is 12.6. The Morgan fingerprint density at radius 2 is 1.78 bits per heavy atom. The summed E-state index contributed by atoms with van der Waals surface area (Å²) < 4.78 is 0. The van der Waals surface area contributed by atoms with Crippen molar-refractivity contribution in [3.05, 3.63) is 0 Å². The summed E-state index contributed by atoms with van der Waals surface area (Å²) in [6.45, 7) is 7.42. The lowest BCUT2D eigenvalue weighted by Gasteiger charge is -2.37. The number of nitrogens with zero attached hydrogens (tertiary/aromatic N) is 2. The molecule has 0 bridgehead atoms. The first-order chi connectivity index (χ1) is 10.5. The lowest BCUT2D eigenvalue weighted by molar-refractivity contribution is -0.142. The lowest BCUT2D eigenvalue weighted by Crippen LogP contribution is -2.50. The van der Waals surface area contributed by atoms with Crippen LogP contribution in [0.3, 0.4) is 0 Å². The normalized spacial score (nSPS) is 24.0. The van der Waals surface area contributed by atoms with E-state index in [1.54, 1.807) is 0 Å². The number of rotatable bonds is 4. The monoisotopic (exact) mass is 345 g/mol. The van der Waals surface area contributed by atoms with Gasteiger partial charge in [-0.25, -0.2) is 0 Å². The van der Waals surface area contributed by atoms with Crippen molar-refractivity contribution in [2.24, 2.45) is 17.6 Å². The minimum atomic E-state index is -0.375. The molecule has 23 heavy (non-hydrogen) atoms. The van der Waals surface area contributed by atoms with Gasteiger partial charge in [-0.05, 0) is 38.0 Å². The van der Waals surface area contributed by atoms with Crippen LogP contribution in [0.5, 0.6) is 0 Å². The number of piperidine rings is 2. The number of nitrogens with two attached hydrogens (primary N) is 1. The highest BCUT2D eigenvalue weighted by Gasteiger charge is 2.32. The molecule has 2 aliphatic heterocycles. The van der Waals surface area contributed by atoms with Crippen molar-refractivity contribution in [2.45, 2.75) is 58.4 Å². The predicted molar refractivity (Wildman–Crippen MR) is 94.4 cm³/mol. The van der Waals surface area contributed by atoms with Gasteiger partial charge < -0.3 is 15.5 Å². The molecular weight excluding hydrogens is 314 g/mol. The molecule has 2 N–H and O–H groups in total. The van der Waals surface area contributed by atoms with Gasteiger partial charge >= 0.3 is 0 Å². The predicted octanol–water partition coefficient (Wildman–Crippen LogP) is 2.03. The summed E-state index contributed by atoms with van der Waals surface area (Å²) in [4.78, 5) is 28.7. The fourth-order valence-electron chi connectivity index (χ4n) is 3.66. The lowest BCUT2D eigenvalue weighted by atomic mass is 9.92. The van der Waals surface area contributed by atoms with Crippen molar-refractivity contribution in [1.82, 2.24) is 9.80 Å². The summed E-state index contributed by atoms with van der Waals surface area (Å²) in [7, 11) is 0. The van der Waals surface area contributed by atoms with E-state index in [1.807, 2.05) is 16.7 Å². The molecule has 2 amide bonds. The highest BCUT2D eigenvalue weighted by atomic mass is 35.5. The fraction of sp³-hybridized carbons (Fsp3) is 0.882. The molecule has 0 aromatic rings. The molecule has 0 aromatic carbocycles. The first-order valence-corrected chi connectivity index (χ1v) is 8.86. The van der Waals surface area contributed by atoms with Crippen molar-refractivity contribution < 1.29 is 9.59 Å². The zero-order valence-electron chi connectivity index (χ0n) is 14.5. The zero-order valence-corrected chi connectivity index (χ0v) is 15.3. The molecule has 134 valence electrons. The van der Waals surface area contributed by atoms with Gasteiger partial charge in [0.25, 0.3) is 0 Å². The Bertz CT molecular complexity index is 397. The number of carbonyl (C=O) groups is 2. The molecule has 6 heteroatoms. The molecule has 0 aliphatic carbocycles. The summed E-state index contributed by atoms with van der Waals surface area (Å²) in [6.07, 6.45) is 5.59. The molecule has 2 heterocycles. The van der Waals surface area contributed by atoms with Crippen molar-refractivity contribution in [3.63, 3.8) is 0 Å². The van der Waals surface area contributed by atoms with E-state index in [-0.39, 0.29) is 30.3 Å². The Labute approximate surface area is 146 Å². The molecule has 2 unspecified atom stereocenters. The van der Waals surface area contributed by atoms with Gasteiger partial charge in [0.15, 0.2) is 0 Å². The number of hydrogen-bond donors (Lipinski definition) is 1. The molecule has 2 saturated heterocycles. The highest BCUT2D eigenvalue weighted by Crippen LogP contribution is 2.24. The Balaban J connectivity index is 0.00000264. The van der Waals surface area contributed by atoms with Crippen LogP contribution in [-0.4, -0.2) is 53.8 Å². The van der Waals surface area contributed by atoms with Crippen LogP contribution in [0.2, 0.25) is 0 Å². The largest absolute Gasteiger partial charge is 0.342 e. The summed E-state index contributed by atoms with van der Waals surface area (Å²) in [6, 6.07) is -0.375. The summed E-state index contributed by atoms with van der Waals surface area (Å²) >= 11 is 0. The molecule has 2 fully saturated rings. The number of carbonyl (C=O) groups excluding carboxylic acids is 2. The zero-order chi connectivity index (χ0) is 16.1. The van der Waals surface area contributed by atoms with Crippen molar-refractivity contribution in [3.8, 4) is 0 Å². The summed E-state index contributed by atoms with van der Waals surface area (Å²) in [5.41, 5.74) is 5.92. The average Bonchev–Trinajstić information content (AvgIpc) is 2.54. The Hall–Kier alpha value is -0.810. The molecule has 0 spiro atoms. The Morgan fingerprint density at radius 3 is 2.35 bits per heavy atom. The van der Waals surface area contributed by atoms with Crippen LogP contribution in [-0.2, 0) is 9.59 Å². The van der Waals surface area contributed by atoms with Crippen molar-refractivity contribution in [2.75, 3.05) is 26.2 Å². The van der Waals surface area contributed by atoms with Crippen LogP contribution >= 0.6 is 12.4 Å². The highest BCUT2D eigenvalue weighted by molar-refractivity contribution is 5.85. The van der Waals surface area contributed by atoms with Gasteiger partial charge in [0.1, 0.15) is 0 Å². The van der Waals surface area contributed by atoms with Crippen LogP contribution in [0, 0.1) is 11.8 Å². The third-order valence-electron chi connectivity index (χ3n) is 5.04. The number of amides is 2. The van der Waals surface area contributed by atoms with E-state index in [0.717, 1.165) is 45.2 Å². The maximum atomic E-state index is 12.6. The topological polar surface area (TPSA) is 66.6 Å². The van der Waals surface area contributed by atoms with Crippen LogP contribution in [0.15, 0.2) is 0 Å².